The van der Waals surface area contributed by atoms with Crippen LogP contribution in [0.4, 0.5) is 30.7 Å². The Labute approximate surface area is 134 Å². The first-order chi connectivity index (χ1) is 10.6. The lowest BCUT2D eigenvalue weighted by Gasteiger charge is -2.36. The molecule has 2 nitrogen and oxygen atoms in total. The summed E-state index contributed by atoms with van der Waals surface area (Å²) in [5, 5.41) is 10.1. The van der Waals surface area contributed by atoms with Gasteiger partial charge in [-0.15, -0.1) is 0 Å². The van der Waals surface area contributed by atoms with E-state index in [0.717, 1.165) is 12.1 Å². The van der Waals surface area contributed by atoms with Crippen LogP contribution in [0.3, 0.4) is 0 Å². The van der Waals surface area contributed by atoms with Crippen molar-refractivity contribution >= 4 is 0 Å². The molecule has 138 valence electrons. The molecule has 1 unspecified atom stereocenters. The molecule has 1 aromatic carbocycles. The normalized spacial score (nSPS) is 16.2. The first-order valence-corrected chi connectivity index (χ1v) is 6.92. The quantitative estimate of drug-likeness (QED) is 0.755. The van der Waals surface area contributed by atoms with E-state index in [4.69, 9.17) is 4.74 Å². The van der Waals surface area contributed by atoms with Gasteiger partial charge < -0.3 is 9.84 Å². The van der Waals surface area contributed by atoms with Crippen molar-refractivity contribution in [3.8, 4) is 5.75 Å². The van der Waals surface area contributed by atoms with Crippen LogP contribution in [-0.4, -0.2) is 29.2 Å². The van der Waals surface area contributed by atoms with E-state index in [0.29, 0.717) is 6.92 Å². The third-order valence-corrected chi connectivity index (χ3v) is 3.31. The lowest BCUT2D eigenvalue weighted by Crippen LogP contribution is -2.56. The van der Waals surface area contributed by atoms with Gasteiger partial charge in [-0.25, -0.2) is 4.39 Å². The zero-order valence-electron chi connectivity index (χ0n) is 13.1. The molecular weight excluding hydrogens is 345 g/mol. The van der Waals surface area contributed by atoms with Gasteiger partial charge in [0.2, 0.25) is 0 Å². The van der Waals surface area contributed by atoms with Crippen LogP contribution in [0.1, 0.15) is 32.8 Å². The average Bonchev–Trinajstić information content (AvgIpc) is 2.35. The Morgan fingerprint density at radius 2 is 1.50 bits per heavy atom. The molecule has 24 heavy (non-hydrogen) atoms. The molecule has 1 atom stereocenters. The lowest BCUT2D eigenvalue weighted by molar-refractivity contribution is -0.352. The molecule has 1 N–H and O–H groups in total. The topological polar surface area (TPSA) is 29.5 Å². The predicted octanol–water partition coefficient (Wildman–Crippen LogP) is 4.90. The average molecular weight is 362 g/mol. The fourth-order valence-corrected chi connectivity index (χ4v) is 2.11. The van der Waals surface area contributed by atoms with Gasteiger partial charge in [0.05, 0.1) is 11.7 Å². The van der Waals surface area contributed by atoms with Gasteiger partial charge in [0.25, 0.3) is 0 Å². The van der Waals surface area contributed by atoms with E-state index in [1.54, 1.807) is 13.8 Å². The van der Waals surface area contributed by atoms with Crippen molar-refractivity contribution in [1.82, 2.24) is 0 Å². The summed E-state index contributed by atoms with van der Waals surface area (Å²) in [5.74, 6) is 0.131. The number of hydrogen-bond acceptors (Lipinski definition) is 2. The van der Waals surface area contributed by atoms with E-state index >= 15 is 0 Å². The zero-order valence-corrected chi connectivity index (χ0v) is 13.1. The van der Waals surface area contributed by atoms with Crippen molar-refractivity contribution in [2.24, 2.45) is 0 Å². The van der Waals surface area contributed by atoms with Crippen molar-refractivity contribution in [2.45, 2.75) is 56.9 Å². The fraction of sp³-hybridized carbons (Fsp3) is 0.600. The second-order valence-electron chi connectivity index (χ2n) is 5.94. The van der Waals surface area contributed by atoms with E-state index in [2.05, 4.69) is 0 Å². The van der Waals surface area contributed by atoms with Crippen molar-refractivity contribution in [3.05, 3.63) is 29.8 Å². The summed E-state index contributed by atoms with van der Waals surface area (Å²) in [7, 11) is 0. The summed E-state index contributed by atoms with van der Waals surface area (Å²) in [6.45, 7) is 4.00. The van der Waals surface area contributed by atoms with E-state index in [1.807, 2.05) is 0 Å². The molecular formula is C15H17F7O2. The van der Waals surface area contributed by atoms with Gasteiger partial charge in [0.1, 0.15) is 5.75 Å². The molecule has 0 saturated carbocycles. The molecule has 1 rings (SSSR count). The van der Waals surface area contributed by atoms with E-state index < -0.39 is 30.0 Å². The molecule has 0 spiro atoms. The minimum atomic E-state index is -6.22. The minimum absolute atomic E-state index is 0.131. The Bertz CT molecular complexity index is 548. The Kier molecular flexibility index (Phi) is 5.49. The SMILES string of the molecule is CC(C)Oc1cccc(C(C)(O)CC(F)(C(F)(F)F)C(F)(F)F)c1. The van der Waals surface area contributed by atoms with Crippen LogP contribution < -0.4 is 4.74 Å². The van der Waals surface area contributed by atoms with E-state index in [1.165, 1.54) is 12.1 Å². The van der Waals surface area contributed by atoms with Gasteiger partial charge in [-0.3, -0.25) is 0 Å². The molecule has 0 aliphatic carbocycles. The van der Waals surface area contributed by atoms with Gasteiger partial charge in [-0.1, -0.05) is 12.1 Å². The molecule has 0 aliphatic heterocycles. The van der Waals surface area contributed by atoms with Crippen LogP contribution in [0.2, 0.25) is 0 Å². The number of ether oxygens (including phenoxy) is 1. The molecule has 0 fully saturated rings. The van der Waals surface area contributed by atoms with Crippen molar-refractivity contribution in [1.29, 1.82) is 0 Å². The summed E-state index contributed by atoms with van der Waals surface area (Å²) in [4.78, 5) is 0. The maximum atomic E-state index is 13.9. The number of hydrogen-bond donors (Lipinski definition) is 1. The number of benzene rings is 1. The van der Waals surface area contributed by atoms with Gasteiger partial charge in [0, 0.05) is 6.42 Å². The van der Waals surface area contributed by atoms with Gasteiger partial charge in [0.15, 0.2) is 0 Å². The van der Waals surface area contributed by atoms with Crippen LogP contribution in [0.15, 0.2) is 24.3 Å². The summed E-state index contributed by atoms with van der Waals surface area (Å²) in [6.07, 6.45) is -15.0. The number of aliphatic hydroxyl groups is 1. The van der Waals surface area contributed by atoms with Crippen LogP contribution in [0.25, 0.3) is 0 Å². The van der Waals surface area contributed by atoms with Crippen LogP contribution in [-0.2, 0) is 5.60 Å². The lowest BCUT2D eigenvalue weighted by atomic mass is 9.83. The summed E-state index contributed by atoms with van der Waals surface area (Å²) >= 11 is 0. The maximum absolute atomic E-state index is 13.9. The second kappa shape index (κ2) is 6.42. The summed E-state index contributed by atoms with van der Waals surface area (Å²) in [6, 6.07) is 4.87. The first kappa shape index (κ1) is 20.5. The first-order valence-electron chi connectivity index (χ1n) is 6.92. The Hall–Kier alpha value is -1.51. The third kappa shape index (κ3) is 4.31. The molecule has 1 aromatic rings. The van der Waals surface area contributed by atoms with Crippen LogP contribution >= 0.6 is 0 Å². The highest BCUT2D eigenvalue weighted by Gasteiger charge is 2.73. The molecule has 0 heterocycles. The predicted molar refractivity (Wildman–Crippen MR) is 72.3 cm³/mol. The molecule has 0 amide bonds. The van der Waals surface area contributed by atoms with Crippen molar-refractivity contribution in [3.63, 3.8) is 0 Å². The molecule has 0 aliphatic rings. The van der Waals surface area contributed by atoms with Gasteiger partial charge >= 0.3 is 18.0 Å². The number of halogens is 7. The van der Waals surface area contributed by atoms with E-state index in [9.17, 15) is 35.8 Å². The van der Waals surface area contributed by atoms with E-state index in [-0.39, 0.29) is 17.4 Å². The molecule has 0 saturated heterocycles. The van der Waals surface area contributed by atoms with Gasteiger partial charge in [-0.2, -0.15) is 26.3 Å². The Morgan fingerprint density at radius 3 is 1.92 bits per heavy atom. The minimum Gasteiger partial charge on any atom is -0.491 e. The highest BCUT2D eigenvalue weighted by Crippen LogP contribution is 2.52. The highest BCUT2D eigenvalue weighted by molar-refractivity contribution is 5.32. The second-order valence-corrected chi connectivity index (χ2v) is 5.94. The number of alkyl halides is 7. The number of rotatable bonds is 5. The summed E-state index contributed by atoms with van der Waals surface area (Å²) in [5.41, 5.74) is -8.59. The largest absolute Gasteiger partial charge is 0.491 e. The Morgan fingerprint density at radius 1 is 1.00 bits per heavy atom. The molecule has 0 aromatic heterocycles. The highest BCUT2D eigenvalue weighted by atomic mass is 19.4. The van der Waals surface area contributed by atoms with Crippen LogP contribution in [0, 0.1) is 0 Å². The summed E-state index contributed by atoms with van der Waals surface area (Å²) < 4.78 is 95.1. The molecule has 0 radical (unpaired) electrons. The maximum Gasteiger partial charge on any atom is 0.431 e. The van der Waals surface area contributed by atoms with Gasteiger partial charge in [-0.05, 0) is 38.5 Å². The molecule has 0 bridgehead atoms. The monoisotopic (exact) mass is 362 g/mol. The zero-order chi connectivity index (χ0) is 19.0. The van der Waals surface area contributed by atoms with Crippen molar-refractivity contribution < 1.29 is 40.6 Å². The standard InChI is InChI=1S/C15H17F7O2/c1-9(2)24-11-6-4-5-10(7-11)12(3,23)8-13(16,14(17,18)19)15(20,21)22/h4-7,9,23H,8H2,1-3H3. The smallest absolute Gasteiger partial charge is 0.431 e. The molecule has 9 heteroatoms. The third-order valence-electron chi connectivity index (χ3n) is 3.31. The van der Waals surface area contributed by atoms with Crippen LogP contribution in [0.5, 0.6) is 5.75 Å². The van der Waals surface area contributed by atoms with Crippen molar-refractivity contribution in [2.75, 3.05) is 0 Å². The Balaban J connectivity index is 3.24. The fourth-order valence-electron chi connectivity index (χ4n) is 2.11.